The van der Waals surface area contributed by atoms with Crippen LogP contribution in [0.2, 0.25) is 0 Å². The van der Waals surface area contributed by atoms with Crippen molar-refractivity contribution < 1.29 is 14.3 Å². The SMILES string of the molecule is COCCN1CC[C@@H](N(C)c2nc(C(=O)Nc3ccccc3C(=O)Nc3cccnc3)cs2)C1. The van der Waals surface area contributed by atoms with Gasteiger partial charge in [-0.25, -0.2) is 4.98 Å². The zero-order valence-corrected chi connectivity index (χ0v) is 20.0. The number of para-hydroxylation sites is 1. The molecule has 0 unspecified atom stereocenters. The molecule has 0 spiro atoms. The molecule has 1 aliphatic rings. The number of carbonyl (C=O) groups excluding carboxylic acids is 2. The fourth-order valence-electron chi connectivity index (χ4n) is 3.85. The number of benzene rings is 1. The molecule has 1 fully saturated rings. The maximum Gasteiger partial charge on any atom is 0.275 e. The Hall–Kier alpha value is -3.34. The Labute approximate surface area is 202 Å². The van der Waals surface area contributed by atoms with Gasteiger partial charge < -0.3 is 20.3 Å². The van der Waals surface area contributed by atoms with E-state index in [9.17, 15) is 9.59 Å². The molecule has 0 aliphatic carbocycles. The van der Waals surface area contributed by atoms with Crippen LogP contribution in [0.1, 0.15) is 27.3 Å². The van der Waals surface area contributed by atoms with Crippen molar-refractivity contribution in [3.05, 3.63) is 65.4 Å². The Bertz CT molecular complexity index is 1120. The first kappa shape index (κ1) is 23.8. The first-order chi connectivity index (χ1) is 16.5. The molecular formula is C24H28N6O3S. The molecule has 10 heteroatoms. The number of nitrogens with zero attached hydrogens (tertiary/aromatic N) is 4. The van der Waals surface area contributed by atoms with Gasteiger partial charge in [0.15, 0.2) is 5.13 Å². The van der Waals surface area contributed by atoms with Gasteiger partial charge >= 0.3 is 0 Å². The molecule has 178 valence electrons. The number of likely N-dealkylation sites (tertiary alicyclic amines) is 1. The summed E-state index contributed by atoms with van der Waals surface area (Å²) in [5, 5.41) is 8.17. The third-order valence-electron chi connectivity index (χ3n) is 5.77. The molecule has 1 aromatic carbocycles. The summed E-state index contributed by atoms with van der Waals surface area (Å²) in [7, 11) is 3.73. The van der Waals surface area contributed by atoms with Gasteiger partial charge in [0.2, 0.25) is 0 Å². The Morgan fingerprint density at radius 3 is 2.85 bits per heavy atom. The van der Waals surface area contributed by atoms with Crippen LogP contribution in [-0.4, -0.2) is 73.1 Å². The van der Waals surface area contributed by atoms with Crippen molar-refractivity contribution in [2.45, 2.75) is 12.5 Å². The summed E-state index contributed by atoms with van der Waals surface area (Å²) in [4.78, 5) is 38.8. The topological polar surface area (TPSA) is 99.7 Å². The van der Waals surface area contributed by atoms with Gasteiger partial charge in [0.1, 0.15) is 5.69 Å². The second-order valence-corrected chi connectivity index (χ2v) is 8.89. The standard InChI is InChI=1S/C24H28N6O3S/c1-29(18-9-11-30(15-18)12-13-33-2)24-28-21(16-34-24)23(32)27-20-8-4-3-7-19(20)22(31)26-17-6-5-10-25-14-17/h3-8,10,14,16,18H,9,11-13,15H2,1-2H3,(H,26,31)(H,27,32)/t18-/m1/s1. The Morgan fingerprint density at radius 1 is 1.21 bits per heavy atom. The highest BCUT2D eigenvalue weighted by atomic mass is 32.1. The largest absolute Gasteiger partial charge is 0.383 e. The summed E-state index contributed by atoms with van der Waals surface area (Å²) in [6.45, 7) is 3.61. The first-order valence-corrected chi connectivity index (χ1v) is 11.9. The lowest BCUT2D eigenvalue weighted by atomic mass is 10.1. The van der Waals surface area contributed by atoms with E-state index in [1.807, 2.05) is 7.05 Å². The Balaban J connectivity index is 1.40. The summed E-state index contributed by atoms with van der Waals surface area (Å²) in [5.41, 5.74) is 1.67. The normalized spacial score (nSPS) is 15.8. The highest BCUT2D eigenvalue weighted by Crippen LogP contribution is 2.26. The minimum Gasteiger partial charge on any atom is -0.383 e. The second-order valence-electron chi connectivity index (χ2n) is 8.06. The number of anilines is 3. The number of thiazole rings is 1. The van der Waals surface area contributed by atoms with Gasteiger partial charge in [0, 0.05) is 51.4 Å². The number of rotatable bonds is 9. The molecule has 0 saturated carbocycles. The fraction of sp³-hybridized carbons (Fsp3) is 0.333. The van der Waals surface area contributed by atoms with Crippen LogP contribution in [0.25, 0.3) is 0 Å². The average molecular weight is 481 g/mol. The van der Waals surface area contributed by atoms with E-state index in [1.165, 1.54) is 11.3 Å². The molecule has 2 amide bonds. The van der Waals surface area contributed by atoms with Gasteiger partial charge in [-0.1, -0.05) is 12.1 Å². The van der Waals surface area contributed by atoms with Crippen LogP contribution in [0, 0.1) is 0 Å². The van der Waals surface area contributed by atoms with Crippen LogP contribution in [0.15, 0.2) is 54.2 Å². The van der Waals surface area contributed by atoms with Gasteiger partial charge in [0.25, 0.3) is 11.8 Å². The van der Waals surface area contributed by atoms with Crippen LogP contribution >= 0.6 is 11.3 Å². The predicted molar refractivity (Wildman–Crippen MR) is 134 cm³/mol. The van der Waals surface area contributed by atoms with Crippen molar-refractivity contribution >= 4 is 39.7 Å². The van der Waals surface area contributed by atoms with Gasteiger partial charge in [-0.05, 0) is 30.7 Å². The summed E-state index contributed by atoms with van der Waals surface area (Å²) in [6, 6.07) is 10.7. The van der Waals surface area contributed by atoms with E-state index in [2.05, 4.69) is 30.4 Å². The molecule has 0 radical (unpaired) electrons. The van der Waals surface area contributed by atoms with E-state index < -0.39 is 0 Å². The minimum atomic E-state index is -0.356. The number of amides is 2. The van der Waals surface area contributed by atoms with Crippen LogP contribution in [0.4, 0.5) is 16.5 Å². The monoisotopic (exact) mass is 480 g/mol. The summed E-state index contributed by atoms with van der Waals surface area (Å²) in [6.07, 6.45) is 4.24. The van der Waals surface area contributed by atoms with E-state index in [4.69, 9.17) is 4.74 Å². The van der Waals surface area contributed by atoms with Gasteiger partial charge in [-0.3, -0.25) is 19.5 Å². The van der Waals surface area contributed by atoms with E-state index in [1.54, 1.807) is 61.3 Å². The van der Waals surface area contributed by atoms with Crippen molar-refractivity contribution in [2.75, 3.05) is 55.9 Å². The molecule has 4 rings (SSSR count). The summed E-state index contributed by atoms with van der Waals surface area (Å²) < 4.78 is 5.18. The number of pyridine rings is 1. The van der Waals surface area contributed by atoms with Crippen molar-refractivity contribution in [1.82, 2.24) is 14.9 Å². The Kier molecular flexibility index (Phi) is 7.84. The molecule has 3 heterocycles. The van der Waals surface area contributed by atoms with Gasteiger partial charge in [-0.2, -0.15) is 0 Å². The van der Waals surface area contributed by atoms with Gasteiger partial charge in [-0.15, -0.1) is 11.3 Å². The molecule has 1 aliphatic heterocycles. The molecule has 9 nitrogen and oxygen atoms in total. The molecule has 2 aromatic heterocycles. The number of ether oxygens (including phenoxy) is 1. The summed E-state index contributed by atoms with van der Waals surface area (Å²) >= 11 is 1.44. The Morgan fingerprint density at radius 2 is 2.06 bits per heavy atom. The van der Waals surface area contributed by atoms with Crippen LogP contribution < -0.4 is 15.5 Å². The van der Waals surface area contributed by atoms with Gasteiger partial charge in [0.05, 0.1) is 29.7 Å². The lowest BCUT2D eigenvalue weighted by Gasteiger charge is -2.24. The number of nitrogens with one attached hydrogen (secondary N) is 2. The minimum absolute atomic E-state index is 0.323. The van der Waals surface area contributed by atoms with E-state index in [0.29, 0.717) is 28.7 Å². The predicted octanol–water partition coefficient (Wildman–Crippen LogP) is 3.20. The molecule has 34 heavy (non-hydrogen) atoms. The van der Waals surface area contributed by atoms with Crippen LogP contribution in [-0.2, 0) is 4.74 Å². The molecule has 3 aromatic rings. The molecule has 1 atom stereocenters. The van der Waals surface area contributed by atoms with Crippen molar-refractivity contribution in [1.29, 1.82) is 0 Å². The maximum atomic E-state index is 12.9. The first-order valence-electron chi connectivity index (χ1n) is 11.1. The number of aromatic nitrogens is 2. The third kappa shape index (κ3) is 5.77. The number of hydrogen-bond donors (Lipinski definition) is 2. The smallest absolute Gasteiger partial charge is 0.275 e. The fourth-order valence-corrected chi connectivity index (χ4v) is 4.69. The number of likely N-dealkylation sites (N-methyl/N-ethyl adjacent to an activating group) is 1. The highest BCUT2D eigenvalue weighted by molar-refractivity contribution is 7.14. The lowest BCUT2D eigenvalue weighted by Crippen LogP contribution is -2.35. The van der Waals surface area contributed by atoms with E-state index in [-0.39, 0.29) is 11.8 Å². The van der Waals surface area contributed by atoms with Crippen LogP contribution in [0.5, 0.6) is 0 Å². The van der Waals surface area contributed by atoms with Crippen molar-refractivity contribution in [3.63, 3.8) is 0 Å². The quantitative estimate of drug-likeness (QED) is 0.485. The number of carbonyl (C=O) groups is 2. The zero-order valence-electron chi connectivity index (χ0n) is 19.2. The maximum absolute atomic E-state index is 12.9. The average Bonchev–Trinajstić information content (AvgIpc) is 3.54. The number of methoxy groups -OCH3 is 1. The lowest BCUT2D eigenvalue weighted by molar-refractivity contribution is 0.102. The summed E-state index contributed by atoms with van der Waals surface area (Å²) in [5.74, 6) is -0.687. The molecule has 1 saturated heterocycles. The van der Waals surface area contributed by atoms with E-state index >= 15 is 0 Å². The highest BCUT2D eigenvalue weighted by Gasteiger charge is 2.27. The molecular weight excluding hydrogens is 452 g/mol. The van der Waals surface area contributed by atoms with Crippen LogP contribution in [0.3, 0.4) is 0 Å². The second kappa shape index (κ2) is 11.2. The van der Waals surface area contributed by atoms with Crippen molar-refractivity contribution in [2.24, 2.45) is 0 Å². The number of hydrogen-bond acceptors (Lipinski definition) is 8. The van der Waals surface area contributed by atoms with Crippen molar-refractivity contribution in [3.8, 4) is 0 Å². The zero-order chi connectivity index (χ0) is 23.9. The molecule has 2 N–H and O–H groups in total. The van der Waals surface area contributed by atoms with E-state index in [0.717, 1.165) is 37.8 Å². The molecule has 0 bridgehead atoms. The third-order valence-corrected chi connectivity index (χ3v) is 6.70.